The van der Waals surface area contributed by atoms with Crippen LogP contribution in [0.1, 0.15) is 63.3 Å². The van der Waals surface area contributed by atoms with E-state index in [-0.39, 0.29) is 43.1 Å². The number of benzene rings is 3. The van der Waals surface area contributed by atoms with Gasteiger partial charge < -0.3 is 39.9 Å². The number of nitrogens with one attached hydrogen (secondary N) is 4. The van der Waals surface area contributed by atoms with Crippen LogP contribution in [0.15, 0.2) is 73.1 Å². The number of hydrogen-bond acceptors (Lipinski definition) is 8. The summed E-state index contributed by atoms with van der Waals surface area (Å²) in [5.74, 6) is -5.26. The second-order valence-electron chi connectivity index (χ2n) is 16.1. The molecular formula is C44H46F6N8O6. The summed E-state index contributed by atoms with van der Waals surface area (Å²) >= 11 is 0. The zero-order valence-electron chi connectivity index (χ0n) is 35.1. The molecule has 64 heavy (non-hydrogen) atoms. The van der Waals surface area contributed by atoms with Crippen LogP contribution < -0.4 is 10.6 Å². The maximum atomic E-state index is 13.8. The van der Waals surface area contributed by atoms with E-state index >= 15 is 0 Å². The van der Waals surface area contributed by atoms with Crippen molar-refractivity contribution < 1.29 is 55.0 Å². The van der Waals surface area contributed by atoms with Gasteiger partial charge in [0.15, 0.2) is 5.92 Å². The van der Waals surface area contributed by atoms with Gasteiger partial charge in [-0.05, 0) is 71.2 Å². The van der Waals surface area contributed by atoms with Crippen LogP contribution in [0.25, 0.3) is 44.4 Å². The zero-order valence-corrected chi connectivity index (χ0v) is 35.1. The van der Waals surface area contributed by atoms with Gasteiger partial charge in [0.05, 0.1) is 50.1 Å². The highest BCUT2D eigenvalue weighted by Gasteiger charge is 2.63. The van der Waals surface area contributed by atoms with Gasteiger partial charge in [-0.2, -0.15) is 26.3 Å². The van der Waals surface area contributed by atoms with Crippen LogP contribution in [0.3, 0.4) is 0 Å². The molecule has 2 aromatic heterocycles. The van der Waals surface area contributed by atoms with E-state index in [1.807, 2.05) is 74.5 Å². The van der Waals surface area contributed by atoms with Crippen LogP contribution in [-0.2, 0) is 19.1 Å². The number of aromatic nitrogens is 4. The van der Waals surface area contributed by atoms with E-state index in [9.17, 15) is 45.5 Å². The van der Waals surface area contributed by atoms with Gasteiger partial charge in [0, 0.05) is 18.7 Å². The molecule has 0 saturated carbocycles. The second-order valence-corrected chi connectivity index (χ2v) is 16.1. The average Bonchev–Trinajstić information content (AvgIpc) is 4.10. The van der Waals surface area contributed by atoms with Crippen LogP contribution in [0.2, 0.25) is 0 Å². The third-order valence-corrected chi connectivity index (χ3v) is 11.7. The minimum Gasteiger partial charge on any atom is -0.453 e. The van der Waals surface area contributed by atoms with Gasteiger partial charge >= 0.3 is 24.5 Å². The molecule has 4 unspecified atom stereocenters. The normalized spacial score (nSPS) is 17.8. The van der Waals surface area contributed by atoms with Crippen molar-refractivity contribution in [1.82, 2.24) is 40.4 Å². The number of nitrogens with zero attached hydrogens (tertiary/aromatic N) is 4. The Morgan fingerprint density at radius 1 is 0.641 bits per heavy atom. The van der Waals surface area contributed by atoms with Crippen LogP contribution >= 0.6 is 0 Å². The topological polar surface area (TPSA) is 175 Å². The molecule has 0 aliphatic carbocycles. The van der Waals surface area contributed by atoms with Crippen molar-refractivity contribution in [2.75, 3.05) is 27.3 Å². The Kier molecular flexibility index (Phi) is 13.0. The molecular weight excluding hydrogens is 851 g/mol. The van der Waals surface area contributed by atoms with E-state index in [1.165, 1.54) is 18.6 Å². The monoisotopic (exact) mass is 896 g/mol. The summed E-state index contributed by atoms with van der Waals surface area (Å²) in [7, 11) is 2.02. The molecule has 340 valence electrons. The van der Waals surface area contributed by atoms with E-state index in [0.29, 0.717) is 23.6 Å². The summed E-state index contributed by atoms with van der Waals surface area (Å²) in [5, 5.41) is 6.09. The number of imidazole rings is 2. The summed E-state index contributed by atoms with van der Waals surface area (Å²) in [6, 6.07) is 14.5. The number of halogens is 6. The van der Waals surface area contributed by atoms with Crippen LogP contribution in [-0.4, -0.2) is 105 Å². The first kappa shape index (κ1) is 45.4. The number of aromatic amines is 2. The van der Waals surface area contributed by atoms with Gasteiger partial charge in [-0.1, -0.05) is 62.4 Å². The van der Waals surface area contributed by atoms with E-state index in [0.717, 1.165) is 58.0 Å². The standard InChI is InChI=1S/C44H46F6N8O6/c1-23(2)34(55-41(61)63-3)39(59)57-17-5-7-32(57)38-52-22-31(54-38)29-16-15-27-19-26(13-14-28(27)20-29)24-9-11-25(12-10-24)30-21-51-37(53-30)33-8-6-18-58(33)40(60)35(56-42(62)64-4)36(43(45,46)47)44(48,49)50/h9-16,19-23,32-36H,5-8,17-18H2,1-4H3,(H,51,53)(H,52,54)(H,55,61)(H,56,62). The number of hydrogen-bond donors (Lipinski definition) is 4. The summed E-state index contributed by atoms with van der Waals surface area (Å²) < 4.78 is 91.6. The van der Waals surface area contributed by atoms with Crippen LogP contribution in [0.5, 0.6) is 0 Å². The summed E-state index contributed by atoms with van der Waals surface area (Å²) in [5.41, 5.74) is 4.70. The summed E-state index contributed by atoms with van der Waals surface area (Å²) in [6.45, 7) is 4.11. The molecule has 2 fully saturated rings. The molecule has 3 aromatic carbocycles. The summed E-state index contributed by atoms with van der Waals surface area (Å²) in [6.07, 6.45) is -8.88. The number of H-pyrrole nitrogens is 2. The molecule has 2 aliphatic rings. The lowest BCUT2D eigenvalue weighted by atomic mass is 9.96. The molecule has 0 bridgehead atoms. The quantitative estimate of drug-likeness (QED) is 0.0956. The predicted octanol–water partition coefficient (Wildman–Crippen LogP) is 8.46. The number of methoxy groups -OCH3 is 2. The van der Waals surface area contributed by atoms with Gasteiger partial charge in [-0.3, -0.25) is 9.59 Å². The Hall–Kier alpha value is -6.60. The van der Waals surface area contributed by atoms with Crippen molar-refractivity contribution in [2.24, 2.45) is 11.8 Å². The molecule has 7 rings (SSSR count). The first-order valence-corrected chi connectivity index (χ1v) is 20.6. The van der Waals surface area contributed by atoms with Gasteiger partial charge in [0.1, 0.15) is 23.7 Å². The maximum Gasteiger partial charge on any atom is 0.407 e. The molecule has 4 atom stereocenters. The number of alkyl halides is 6. The smallest absolute Gasteiger partial charge is 0.407 e. The molecule has 4 amide bonds. The highest BCUT2D eigenvalue weighted by Crippen LogP contribution is 2.43. The molecule has 4 heterocycles. The Bertz CT molecular complexity index is 2490. The summed E-state index contributed by atoms with van der Waals surface area (Å²) in [4.78, 5) is 69.0. The number of amides is 4. The Balaban J connectivity index is 1.04. The average molecular weight is 897 g/mol. The maximum absolute atomic E-state index is 13.8. The van der Waals surface area contributed by atoms with E-state index < -0.39 is 54.5 Å². The minimum atomic E-state index is -5.91. The predicted molar refractivity (Wildman–Crippen MR) is 221 cm³/mol. The van der Waals surface area contributed by atoms with E-state index in [1.54, 1.807) is 11.1 Å². The first-order valence-electron chi connectivity index (χ1n) is 20.6. The zero-order chi connectivity index (χ0) is 46.1. The Labute approximate surface area is 363 Å². The van der Waals surface area contributed by atoms with E-state index in [4.69, 9.17) is 4.74 Å². The molecule has 4 N–H and O–H groups in total. The molecule has 2 saturated heterocycles. The number of ether oxygens (including phenoxy) is 2. The lowest BCUT2D eigenvalue weighted by molar-refractivity contribution is -0.290. The number of alkyl carbamates (subject to hydrolysis) is 2. The van der Waals surface area contributed by atoms with Gasteiger partial charge in [0.2, 0.25) is 11.8 Å². The Morgan fingerprint density at radius 2 is 1.06 bits per heavy atom. The van der Waals surface area contributed by atoms with E-state index in [2.05, 4.69) is 30.0 Å². The largest absolute Gasteiger partial charge is 0.453 e. The molecule has 2 aliphatic heterocycles. The van der Waals surface area contributed by atoms with Gasteiger partial charge in [-0.25, -0.2) is 19.6 Å². The number of fused-ring (bicyclic) bond motifs is 1. The van der Waals surface area contributed by atoms with Gasteiger partial charge in [-0.15, -0.1) is 0 Å². The fraction of sp³-hybridized carbons (Fsp3) is 0.409. The molecule has 0 spiro atoms. The Morgan fingerprint density at radius 3 is 1.55 bits per heavy atom. The minimum absolute atomic E-state index is 0.154. The highest BCUT2D eigenvalue weighted by molar-refractivity contribution is 5.91. The third kappa shape index (κ3) is 9.50. The number of rotatable bonds is 11. The number of carbonyl (C=O) groups excluding carboxylic acids is 4. The number of likely N-dealkylation sites (tertiary alicyclic amines) is 2. The van der Waals surface area contributed by atoms with Gasteiger partial charge in [0.25, 0.3) is 0 Å². The fourth-order valence-corrected chi connectivity index (χ4v) is 8.46. The molecule has 20 heteroatoms. The second kappa shape index (κ2) is 18.2. The van der Waals surface area contributed by atoms with Crippen molar-refractivity contribution in [3.05, 3.63) is 84.7 Å². The number of carbonyl (C=O) groups is 4. The van der Waals surface area contributed by atoms with Crippen molar-refractivity contribution >= 4 is 34.8 Å². The molecule has 14 nitrogen and oxygen atoms in total. The highest BCUT2D eigenvalue weighted by atomic mass is 19.4. The molecule has 5 aromatic rings. The lowest BCUT2D eigenvalue weighted by Crippen LogP contribution is -2.59. The SMILES string of the molecule is COC(=O)NC(C(=O)N1CCCC1c1ncc(-c2ccc3cc(-c4ccc(-c5cnc(C6CCCN6C(=O)C(NC(=O)OC)C(C(F)(F)F)C(F)(F)F)[nH]5)cc4)ccc3c2)[nH]1)C(C)C. The van der Waals surface area contributed by atoms with Crippen molar-refractivity contribution in [1.29, 1.82) is 0 Å². The third-order valence-electron chi connectivity index (χ3n) is 11.7. The van der Waals surface area contributed by atoms with Crippen molar-refractivity contribution in [3.63, 3.8) is 0 Å². The van der Waals surface area contributed by atoms with Crippen LogP contribution in [0, 0.1) is 11.8 Å². The lowest BCUT2D eigenvalue weighted by Gasteiger charge is -2.34. The fourth-order valence-electron chi connectivity index (χ4n) is 8.46. The van der Waals surface area contributed by atoms with Crippen molar-refractivity contribution in [2.45, 2.75) is 76.1 Å². The van der Waals surface area contributed by atoms with Crippen molar-refractivity contribution in [3.8, 4) is 33.6 Å². The first-order chi connectivity index (χ1) is 30.4. The molecule has 0 radical (unpaired) electrons. The van der Waals surface area contributed by atoms with Crippen LogP contribution in [0.4, 0.5) is 35.9 Å².